The zero-order valence-electron chi connectivity index (χ0n) is 9.16. The smallest absolute Gasteiger partial charge is 0.123 e. The van der Waals surface area contributed by atoms with Crippen molar-refractivity contribution in [2.75, 3.05) is 11.5 Å². The van der Waals surface area contributed by atoms with E-state index in [2.05, 4.69) is 6.92 Å². The average molecular weight is 228 g/mol. The highest BCUT2D eigenvalue weighted by molar-refractivity contribution is 7.99. The Labute approximate surface area is 94.7 Å². The monoisotopic (exact) mass is 228 g/mol. The van der Waals surface area contributed by atoms with Crippen LogP contribution in [0.1, 0.15) is 30.6 Å². The van der Waals surface area contributed by atoms with E-state index >= 15 is 0 Å². The minimum absolute atomic E-state index is 0.246. The number of aliphatic hydroxyl groups is 1. The molecule has 1 N–H and O–H groups in total. The van der Waals surface area contributed by atoms with Gasteiger partial charge in [0.05, 0.1) is 6.10 Å². The third kappa shape index (κ3) is 3.84. The van der Waals surface area contributed by atoms with E-state index in [0.717, 1.165) is 23.3 Å². The number of benzene rings is 1. The Morgan fingerprint density at radius 2 is 2.20 bits per heavy atom. The van der Waals surface area contributed by atoms with E-state index in [0.29, 0.717) is 5.75 Å². The van der Waals surface area contributed by atoms with Gasteiger partial charge in [-0.2, -0.15) is 11.8 Å². The van der Waals surface area contributed by atoms with Crippen LogP contribution in [0.4, 0.5) is 4.39 Å². The molecule has 84 valence electrons. The normalized spacial score (nSPS) is 12.8. The molecule has 0 spiro atoms. The number of hydrogen-bond donors (Lipinski definition) is 1. The molecular weight excluding hydrogens is 211 g/mol. The first-order chi connectivity index (χ1) is 7.15. The summed E-state index contributed by atoms with van der Waals surface area (Å²) in [6, 6.07) is 4.53. The van der Waals surface area contributed by atoms with Crippen molar-refractivity contribution in [1.82, 2.24) is 0 Å². The SMILES string of the molecule is CCCSCC(O)c1ccc(F)cc1C. The van der Waals surface area contributed by atoms with Crippen LogP contribution in [0.3, 0.4) is 0 Å². The summed E-state index contributed by atoms with van der Waals surface area (Å²) in [5.74, 6) is 1.49. The standard InChI is InChI=1S/C12H17FOS/c1-3-6-15-8-12(14)11-5-4-10(13)7-9(11)2/h4-5,7,12,14H,3,6,8H2,1-2H3. The lowest BCUT2D eigenvalue weighted by Crippen LogP contribution is -2.03. The third-order valence-corrected chi connectivity index (χ3v) is 3.46. The molecule has 1 unspecified atom stereocenters. The van der Waals surface area contributed by atoms with Crippen molar-refractivity contribution in [2.24, 2.45) is 0 Å². The number of hydrogen-bond acceptors (Lipinski definition) is 2. The zero-order valence-corrected chi connectivity index (χ0v) is 9.98. The van der Waals surface area contributed by atoms with Crippen molar-refractivity contribution in [3.63, 3.8) is 0 Å². The zero-order chi connectivity index (χ0) is 11.3. The number of halogens is 1. The molecule has 0 aliphatic heterocycles. The summed E-state index contributed by atoms with van der Waals surface area (Å²) in [5, 5.41) is 9.88. The molecule has 1 aromatic rings. The molecule has 0 saturated carbocycles. The maximum absolute atomic E-state index is 12.8. The molecule has 0 fully saturated rings. The lowest BCUT2D eigenvalue weighted by atomic mass is 10.0. The average Bonchev–Trinajstić information content (AvgIpc) is 2.17. The van der Waals surface area contributed by atoms with E-state index in [1.54, 1.807) is 17.8 Å². The van der Waals surface area contributed by atoms with Crippen LogP contribution in [0.5, 0.6) is 0 Å². The maximum atomic E-state index is 12.8. The summed E-state index contributed by atoms with van der Waals surface area (Å²) in [7, 11) is 0. The predicted octanol–water partition coefficient (Wildman–Crippen LogP) is 3.31. The first kappa shape index (κ1) is 12.5. The number of rotatable bonds is 5. The van der Waals surface area contributed by atoms with Crippen molar-refractivity contribution in [3.05, 3.63) is 35.1 Å². The van der Waals surface area contributed by atoms with Crippen LogP contribution in [0, 0.1) is 12.7 Å². The molecule has 0 bridgehead atoms. The molecule has 0 heterocycles. The highest BCUT2D eigenvalue weighted by Crippen LogP contribution is 2.22. The second-order valence-electron chi connectivity index (χ2n) is 3.59. The van der Waals surface area contributed by atoms with Gasteiger partial charge in [0.2, 0.25) is 0 Å². The van der Waals surface area contributed by atoms with Crippen LogP contribution >= 0.6 is 11.8 Å². The molecule has 0 saturated heterocycles. The summed E-state index contributed by atoms with van der Waals surface area (Å²) >= 11 is 1.73. The van der Waals surface area contributed by atoms with Crippen molar-refractivity contribution in [3.8, 4) is 0 Å². The van der Waals surface area contributed by atoms with Crippen molar-refractivity contribution < 1.29 is 9.50 Å². The molecule has 0 aliphatic carbocycles. The van der Waals surface area contributed by atoms with Gasteiger partial charge in [-0.1, -0.05) is 13.0 Å². The van der Waals surface area contributed by atoms with Gasteiger partial charge in [0.15, 0.2) is 0 Å². The number of thioether (sulfide) groups is 1. The second kappa shape index (κ2) is 6.13. The minimum Gasteiger partial charge on any atom is -0.388 e. The van der Waals surface area contributed by atoms with E-state index in [1.165, 1.54) is 12.1 Å². The van der Waals surface area contributed by atoms with Crippen LogP contribution in [0.15, 0.2) is 18.2 Å². The molecule has 0 radical (unpaired) electrons. The van der Waals surface area contributed by atoms with E-state index in [9.17, 15) is 9.50 Å². The van der Waals surface area contributed by atoms with Crippen LogP contribution in [0.25, 0.3) is 0 Å². The van der Waals surface area contributed by atoms with Gasteiger partial charge in [0, 0.05) is 5.75 Å². The van der Waals surface area contributed by atoms with Crippen molar-refractivity contribution >= 4 is 11.8 Å². The first-order valence-electron chi connectivity index (χ1n) is 5.17. The van der Waals surface area contributed by atoms with E-state index in [4.69, 9.17) is 0 Å². The van der Waals surface area contributed by atoms with Gasteiger partial charge in [-0.15, -0.1) is 0 Å². The van der Waals surface area contributed by atoms with Crippen molar-refractivity contribution in [1.29, 1.82) is 0 Å². The Balaban J connectivity index is 2.61. The number of aryl methyl sites for hydroxylation is 1. The van der Waals surface area contributed by atoms with Gasteiger partial charge in [-0.25, -0.2) is 4.39 Å². The summed E-state index contributed by atoms with van der Waals surface area (Å²) in [6.07, 6.45) is 0.627. The minimum atomic E-state index is -0.484. The summed E-state index contributed by atoms with van der Waals surface area (Å²) in [5.41, 5.74) is 1.65. The molecular formula is C12H17FOS. The first-order valence-corrected chi connectivity index (χ1v) is 6.32. The highest BCUT2D eigenvalue weighted by Gasteiger charge is 2.10. The van der Waals surface area contributed by atoms with Gasteiger partial charge in [0.25, 0.3) is 0 Å². The lowest BCUT2D eigenvalue weighted by Gasteiger charge is -2.13. The van der Waals surface area contributed by atoms with Crippen LogP contribution in [-0.4, -0.2) is 16.6 Å². The van der Waals surface area contributed by atoms with Crippen molar-refractivity contribution in [2.45, 2.75) is 26.4 Å². The lowest BCUT2D eigenvalue weighted by molar-refractivity contribution is 0.203. The largest absolute Gasteiger partial charge is 0.388 e. The fraction of sp³-hybridized carbons (Fsp3) is 0.500. The van der Waals surface area contributed by atoms with Crippen LogP contribution < -0.4 is 0 Å². The fourth-order valence-corrected chi connectivity index (χ4v) is 2.30. The van der Waals surface area contributed by atoms with Gasteiger partial charge in [0.1, 0.15) is 5.82 Å². The Morgan fingerprint density at radius 3 is 2.80 bits per heavy atom. The highest BCUT2D eigenvalue weighted by atomic mass is 32.2. The van der Waals surface area contributed by atoms with Crippen LogP contribution in [0.2, 0.25) is 0 Å². The van der Waals surface area contributed by atoms with Gasteiger partial charge in [-0.05, 0) is 42.4 Å². The topological polar surface area (TPSA) is 20.2 Å². The quantitative estimate of drug-likeness (QED) is 0.780. The Bertz CT molecular complexity index is 314. The van der Waals surface area contributed by atoms with Crippen LogP contribution in [-0.2, 0) is 0 Å². The third-order valence-electron chi connectivity index (χ3n) is 2.22. The van der Waals surface area contributed by atoms with Gasteiger partial charge < -0.3 is 5.11 Å². The maximum Gasteiger partial charge on any atom is 0.123 e. The predicted molar refractivity (Wildman–Crippen MR) is 63.7 cm³/mol. The molecule has 3 heteroatoms. The molecule has 1 atom stereocenters. The van der Waals surface area contributed by atoms with E-state index in [-0.39, 0.29) is 5.82 Å². The van der Waals surface area contributed by atoms with Gasteiger partial charge in [-0.3, -0.25) is 0 Å². The molecule has 1 aromatic carbocycles. The summed E-state index contributed by atoms with van der Waals surface area (Å²) in [4.78, 5) is 0. The molecule has 1 nitrogen and oxygen atoms in total. The van der Waals surface area contributed by atoms with E-state index < -0.39 is 6.10 Å². The summed E-state index contributed by atoms with van der Waals surface area (Å²) < 4.78 is 12.8. The Morgan fingerprint density at radius 1 is 1.47 bits per heavy atom. The molecule has 0 amide bonds. The molecule has 0 aromatic heterocycles. The molecule has 1 rings (SSSR count). The number of aliphatic hydroxyl groups excluding tert-OH is 1. The molecule has 0 aliphatic rings. The Hall–Kier alpha value is -0.540. The Kier molecular flexibility index (Phi) is 5.12. The van der Waals surface area contributed by atoms with Gasteiger partial charge >= 0.3 is 0 Å². The fourth-order valence-electron chi connectivity index (χ4n) is 1.44. The second-order valence-corrected chi connectivity index (χ2v) is 4.74. The van der Waals surface area contributed by atoms with E-state index in [1.807, 2.05) is 6.92 Å². The summed E-state index contributed by atoms with van der Waals surface area (Å²) in [6.45, 7) is 3.94. The molecule has 15 heavy (non-hydrogen) atoms.